The topological polar surface area (TPSA) is 24.5 Å². The normalized spacial score (nSPS) is 25.8. The van der Waals surface area contributed by atoms with Crippen molar-refractivity contribution in [3.05, 3.63) is 29.8 Å². The molecular weight excluding hydrogens is 279 g/mol. The van der Waals surface area contributed by atoms with Crippen LogP contribution in [0.1, 0.15) is 31.2 Å². The summed E-state index contributed by atoms with van der Waals surface area (Å²) in [6.07, 6.45) is 3.70. The zero-order chi connectivity index (χ0) is 15.4. The molecule has 1 aromatic carbocycles. The van der Waals surface area contributed by atoms with Crippen LogP contribution in [0.15, 0.2) is 24.3 Å². The number of hydrogen-bond donors (Lipinski definition) is 1. The van der Waals surface area contributed by atoms with Crippen molar-refractivity contribution in [2.45, 2.75) is 31.4 Å². The molecule has 2 saturated heterocycles. The number of hydrogen-bond acceptors (Lipinski definition) is 3. The molecule has 1 unspecified atom stereocenters. The average molecular weight is 306 g/mol. The minimum absolute atomic E-state index is 0.563. The van der Waals surface area contributed by atoms with E-state index < -0.39 is 5.67 Å². The third kappa shape index (κ3) is 3.44. The highest BCUT2D eigenvalue weighted by Crippen LogP contribution is 2.41. The van der Waals surface area contributed by atoms with Crippen LogP contribution in [-0.4, -0.2) is 44.7 Å². The lowest BCUT2D eigenvalue weighted by Gasteiger charge is -2.39. The smallest absolute Gasteiger partial charge is 0.142 e. The summed E-state index contributed by atoms with van der Waals surface area (Å²) >= 11 is 0. The second kappa shape index (κ2) is 6.97. The summed E-state index contributed by atoms with van der Waals surface area (Å²) in [7, 11) is 1.62. The first kappa shape index (κ1) is 15.8. The molecule has 0 radical (unpaired) electrons. The van der Waals surface area contributed by atoms with Gasteiger partial charge in [0.1, 0.15) is 11.4 Å². The Bertz CT molecular complexity index is 480. The SMILES string of the molecule is COc1ccccc1C1(F)CCN(CC2CCCNC2)CC1. The fourth-order valence-corrected chi connectivity index (χ4v) is 3.82. The molecule has 1 atom stereocenters. The zero-order valence-electron chi connectivity index (χ0n) is 13.5. The Balaban J connectivity index is 1.60. The molecule has 22 heavy (non-hydrogen) atoms. The van der Waals surface area contributed by atoms with Gasteiger partial charge in [0.2, 0.25) is 0 Å². The quantitative estimate of drug-likeness (QED) is 0.925. The van der Waals surface area contributed by atoms with Gasteiger partial charge < -0.3 is 15.0 Å². The number of ether oxygens (including phenoxy) is 1. The van der Waals surface area contributed by atoms with E-state index in [2.05, 4.69) is 10.2 Å². The Morgan fingerprint density at radius 3 is 2.77 bits per heavy atom. The summed E-state index contributed by atoms with van der Waals surface area (Å²) < 4.78 is 20.7. The van der Waals surface area contributed by atoms with Gasteiger partial charge in [-0.15, -0.1) is 0 Å². The van der Waals surface area contributed by atoms with E-state index in [0.29, 0.717) is 18.6 Å². The van der Waals surface area contributed by atoms with Crippen LogP contribution < -0.4 is 10.1 Å². The Morgan fingerprint density at radius 1 is 1.32 bits per heavy atom. The van der Waals surface area contributed by atoms with Crippen LogP contribution in [-0.2, 0) is 5.67 Å². The maximum Gasteiger partial charge on any atom is 0.142 e. The number of piperidine rings is 2. The largest absolute Gasteiger partial charge is 0.496 e. The Labute approximate surface area is 132 Å². The minimum Gasteiger partial charge on any atom is -0.496 e. The molecule has 1 N–H and O–H groups in total. The summed E-state index contributed by atoms with van der Waals surface area (Å²) in [4.78, 5) is 2.44. The van der Waals surface area contributed by atoms with Gasteiger partial charge in [0.05, 0.1) is 7.11 Å². The predicted octanol–water partition coefficient (Wildman–Crippen LogP) is 2.96. The van der Waals surface area contributed by atoms with E-state index in [1.807, 2.05) is 24.3 Å². The van der Waals surface area contributed by atoms with E-state index in [1.165, 1.54) is 12.8 Å². The maximum atomic E-state index is 15.4. The van der Waals surface area contributed by atoms with Crippen molar-refractivity contribution in [2.24, 2.45) is 5.92 Å². The van der Waals surface area contributed by atoms with Gasteiger partial charge in [0, 0.05) is 25.2 Å². The van der Waals surface area contributed by atoms with Crippen LogP contribution in [0.2, 0.25) is 0 Å². The van der Waals surface area contributed by atoms with Gasteiger partial charge in [0.15, 0.2) is 0 Å². The van der Waals surface area contributed by atoms with Gasteiger partial charge in [-0.05, 0) is 50.8 Å². The van der Waals surface area contributed by atoms with Crippen LogP contribution in [0.4, 0.5) is 4.39 Å². The summed E-state index contributed by atoms with van der Waals surface area (Å²) in [6, 6.07) is 7.53. The van der Waals surface area contributed by atoms with Gasteiger partial charge in [-0.2, -0.15) is 0 Å². The molecule has 4 heteroatoms. The third-order valence-corrected chi connectivity index (χ3v) is 5.15. The standard InChI is InChI=1S/C18H27FN2O/c1-22-17-7-3-2-6-16(17)18(19)8-11-21(12-9-18)14-15-5-4-10-20-13-15/h2-3,6-7,15,20H,4-5,8-14H2,1H3. The van der Waals surface area contributed by atoms with Gasteiger partial charge in [0.25, 0.3) is 0 Å². The molecule has 3 rings (SSSR count). The molecule has 0 saturated carbocycles. The Hall–Kier alpha value is -1.13. The zero-order valence-corrected chi connectivity index (χ0v) is 13.5. The van der Waals surface area contributed by atoms with E-state index in [-0.39, 0.29) is 0 Å². The predicted molar refractivity (Wildman–Crippen MR) is 87.0 cm³/mol. The third-order valence-electron chi connectivity index (χ3n) is 5.15. The van der Waals surface area contributed by atoms with E-state index in [9.17, 15) is 0 Å². The molecule has 3 nitrogen and oxygen atoms in total. The van der Waals surface area contributed by atoms with E-state index in [1.54, 1.807) is 7.11 Å². The molecule has 2 aliphatic rings. The Kier molecular flexibility index (Phi) is 4.99. The van der Waals surface area contributed by atoms with Crippen LogP contribution in [0.3, 0.4) is 0 Å². The van der Waals surface area contributed by atoms with Crippen LogP contribution in [0.5, 0.6) is 5.75 Å². The number of halogens is 1. The summed E-state index contributed by atoms with van der Waals surface area (Å²) in [6.45, 7) is 5.05. The summed E-state index contributed by atoms with van der Waals surface area (Å²) in [5, 5.41) is 3.46. The van der Waals surface area contributed by atoms with E-state index in [4.69, 9.17) is 4.74 Å². The number of methoxy groups -OCH3 is 1. The molecule has 0 aliphatic carbocycles. The maximum absolute atomic E-state index is 15.4. The first-order valence-electron chi connectivity index (χ1n) is 8.47. The number of benzene rings is 1. The molecule has 2 heterocycles. The number of rotatable bonds is 4. The first-order chi connectivity index (χ1) is 10.7. The van der Waals surface area contributed by atoms with E-state index in [0.717, 1.165) is 44.2 Å². The van der Waals surface area contributed by atoms with Crippen LogP contribution in [0, 0.1) is 5.92 Å². The number of para-hydroxylation sites is 1. The second-order valence-electron chi connectivity index (χ2n) is 6.68. The highest BCUT2D eigenvalue weighted by molar-refractivity contribution is 5.38. The van der Waals surface area contributed by atoms with Crippen molar-refractivity contribution in [2.75, 3.05) is 39.8 Å². The highest BCUT2D eigenvalue weighted by atomic mass is 19.1. The lowest BCUT2D eigenvalue weighted by Crippen LogP contribution is -2.44. The van der Waals surface area contributed by atoms with Crippen molar-refractivity contribution in [3.8, 4) is 5.75 Å². The average Bonchev–Trinajstić information content (AvgIpc) is 2.58. The van der Waals surface area contributed by atoms with Crippen molar-refractivity contribution >= 4 is 0 Å². The number of nitrogens with zero attached hydrogens (tertiary/aromatic N) is 1. The summed E-state index contributed by atoms with van der Waals surface area (Å²) in [5.74, 6) is 1.40. The highest BCUT2D eigenvalue weighted by Gasteiger charge is 2.38. The van der Waals surface area contributed by atoms with E-state index >= 15 is 4.39 Å². The van der Waals surface area contributed by atoms with Gasteiger partial charge in [-0.3, -0.25) is 0 Å². The monoisotopic (exact) mass is 306 g/mol. The number of likely N-dealkylation sites (tertiary alicyclic amines) is 1. The lowest BCUT2D eigenvalue weighted by molar-refractivity contribution is 0.0451. The molecule has 2 aliphatic heterocycles. The first-order valence-corrected chi connectivity index (χ1v) is 8.47. The molecular formula is C18H27FN2O. The fourth-order valence-electron chi connectivity index (χ4n) is 3.82. The van der Waals surface area contributed by atoms with Crippen LogP contribution in [0.25, 0.3) is 0 Å². The molecule has 122 valence electrons. The molecule has 1 aromatic rings. The molecule has 0 spiro atoms. The van der Waals surface area contributed by atoms with Gasteiger partial charge in [-0.25, -0.2) is 4.39 Å². The Morgan fingerprint density at radius 2 is 2.09 bits per heavy atom. The van der Waals surface area contributed by atoms with Gasteiger partial charge in [-0.1, -0.05) is 18.2 Å². The van der Waals surface area contributed by atoms with Crippen molar-refractivity contribution in [1.29, 1.82) is 0 Å². The number of alkyl halides is 1. The number of nitrogens with one attached hydrogen (secondary N) is 1. The molecule has 0 amide bonds. The minimum atomic E-state index is -1.24. The fraction of sp³-hybridized carbons (Fsp3) is 0.667. The van der Waals surface area contributed by atoms with Crippen LogP contribution >= 0.6 is 0 Å². The summed E-state index contributed by atoms with van der Waals surface area (Å²) in [5.41, 5.74) is -0.523. The van der Waals surface area contributed by atoms with Gasteiger partial charge >= 0.3 is 0 Å². The second-order valence-corrected chi connectivity index (χ2v) is 6.68. The van der Waals surface area contributed by atoms with Crippen molar-refractivity contribution < 1.29 is 9.13 Å². The molecule has 0 bridgehead atoms. The lowest BCUT2D eigenvalue weighted by atomic mass is 9.85. The van der Waals surface area contributed by atoms with Crippen molar-refractivity contribution in [3.63, 3.8) is 0 Å². The molecule has 2 fully saturated rings. The van der Waals surface area contributed by atoms with Crippen molar-refractivity contribution in [1.82, 2.24) is 10.2 Å². The molecule has 0 aromatic heterocycles.